The molecule has 0 saturated carbocycles. The number of hydrogen-bond donors (Lipinski definition) is 0. The van der Waals surface area contributed by atoms with Gasteiger partial charge in [0.25, 0.3) is 11.8 Å². The van der Waals surface area contributed by atoms with Crippen LogP contribution in [-0.2, 0) is 4.74 Å². The van der Waals surface area contributed by atoms with Crippen molar-refractivity contribution in [3.63, 3.8) is 0 Å². The normalized spacial score (nSPS) is 16.1. The molecule has 0 bridgehead atoms. The second kappa shape index (κ2) is 9.24. The van der Waals surface area contributed by atoms with Gasteiger partial charge >= 0.3 is 0 Å². The molecule has 0 spiro atoms. The highest BCUT2D eigenvalue weighted by atomic mass is 16.5. The van der Waals surface area contributed by atoms with E-state index in [0.29, 0.717) is 37.4 Å². The van der Waals surface area contributed by atoms with E-state index in [1.54, 1.807) is 6.07 Å². The molecule has 4 aromatic carbocycles. The zero-order valence-corrected chi connectivity index (χ0v) is 21.0. The highest BCUT2D eigenvalue weighted by Gasteiger charge is 2.35. The van der Waals surface area contributed by atoms with Gasteiger partial charge in [-0.15, -0.1) is 0 Å². The number of morpholine rings is 1. The summed E-state index contributed by atoms with van der Waals surface area (Å²) >= 11 is 0. The van der Waals surface area contributed by atoms with Crippen molar-refractivity contribution in [3.8, 4) is 16.8 Å². The van der Waals surface area contributed by atoms with E-state index in [1.165, 1.54) is 26.7 Å². The van der Waals surface area contributed by atoms with Gasteiger partial charge < -0.3 is 9.30 Å². The Morgan fingerprint density at radius 1 is 0.632 bits per heavy atom. The van der Waals surface area contributed by atoms with Gasteiger partial charge in [0.1, 0.15) is 0 Å². The van der Waals surface area contributed by atoms with Gasteiger partial charge in [0.15, 0.2) is 0 Å². The fourth-order valence-corrected chi connectivity index (χ4v) is 5.74. The Bertz CT molecular complexity index is 1640. The van der Waals surface area contributed by atoms with Crippen molar-refractivity contribution in [2.24, 2.45) is 0 Å². The molecule has 5 aromatic rings. The molecule has 2 aliphatic heterocycles. The van der Waals surface area contributed by atoms with Crippen molar-refractivity contribution in [2.75, 3.05) is 39.4 Å². The third kappa shape index (κ3) is 3.72. The molecular weight excluding hydrogens is 474 g/mol. The quantitative estimate of drug-likeness (QED) is 0.304. The summed E-state index contributed by atoms with van der Waals surface area (Å²) in [4.78, 5) is 29.8. The Morgan fingerprint density at radius 2 is 1.24 bits per heavy atom. The molecule has 1 saturated heterocycles. The molecule has 0 aliphatic carbocycles. The molecular formula is C32H27N3O3. The van der Waals surface area contributed by atoms with E-state index in [9.17, 15) is 9.59 Å². The first-order valence-electron chi connectivity index (χ1n) is 13.1. The average Bonchev–Trinajstić information content (AvgIpc) is 3.43. The van der Waals surface area contributed by atoms with Crippen LogP contribution in [0.1, 0.15) is 20.7 Å². The van der Waals surface area contributed by atoms with Crippen LogP contribution >= 0.6 is 0 Å². The summed E-state index contributed by atoms with van der Waals surface area (Å²) < 4.78 is 7.68. The third-order valence-electron chi connectivity index (χ3n) is 7.75. The van der Waals surface area contributed by atoms with E-state index in [2.05, 4.69) is 82.3 Å². The lowest BCUT2D eigenvalue weighted by Crippen LogP contribution is -2.42. The topological polar surface area (TPSA) is 54.8 Å². The van der Waals surface area contributed by atoms with Gasteiger partial charge in [0, 0.05) is 42.6 Å². The van der Waals surface area contributed by atoms with E-state index >= 15 is 0 Å². The summed E-state index contributed by atoms with van der Waals surface area (Å²) in [6.07, 6.45) is 0. The summed E-state index contributed by atoms with van der Waals surface area (Å²) in [6, 6.07) is 30.9. The number of aromatic nitrogens is 1. The standard InChI is InChI=1S/C32H27N3O3/c36-31-27-14-11-23(21-28(27)32(37)34(31)16-15-33-17-19-38-20-18-33)22-9-12-24(13-10-22)35-29-7-3-1-5-25(29)26-6-2-4-8-30(26)35/h1-14,21H,15-20H2. The average molecular weight is 502 g/mol. The van der Waals surface area contributed by atoms with Crippen LogP contribution in [-0.4, -0.2) is 65.6 Å². The fraction of sp³-hybridized carbons (Fsp3) is 0.188. The number of nitrogens with zero attached hydrogens (tertiary/aromatic N) is 3. The minimum atomic E-state index is -0.206. The van der Waals surface area contributed by atoms with Crippen molar-refractivity contribution in [1.29, 1.82) is 0 Å². The summed E-state index contributed by atoms with van der Waals surface area (Å²) in [5, 5.41) is 2.46. The van der Waals surface area contributed by atoms with Crippen molar-refractivity contribution in [3.05, 3.63) is 102 Å². The lowest BCUT2D eigenvalue weighted by Gasteiger charge is -2.27. The predicted molar refractivity (Wildman–Crippen MR) is 149 cm³/mol. The summed E-state index contributed by atoms with van der Waals surface area (Å²) in [6.45, 7) is 4.12. The van der Waals surface area contributed by atoms with E-state index < -0.39 is 0 Å². The molecule has 0 atom stereocenters. The maximum atomic E-state index is 13.2. The molecule has 38 heavy (non-hydrogen) atoms. The van der Waals surface area contributed by atoms with Crippen LogP contribution in [0.15, 0.2) is 91.0 Å². The van der Waals surface area contributed by atoms with Crippen LogP contribution < -0.4 is 0 Å². The van der Waals surface area contributed by atoms with Gasteiger partial charge in [-0.1, -0.05) is 54.6 Å². The first kappa shape index (κ1) is 22.9. The second-order valence-electron chi connectivity index (χ2n) is 9.89. The largest absolute Gasteiger partial charge is 0.379 e. The zero-order chi connectivity index (χ0) is 25.6. The molecule has 6 heteroatoms. The van der Waals surface area contributed by atoms with Crippen LogP contribution in [0.25, 0.3) is 38.6 Å². The maximum absolute atomic E-state index is 13.2. The monoisotopic (exact) mass is 501 g/mol. The van der Waals surface area contributed by atoms with Gasteiger partial charge in [0.05, 0.1) is 35.4 Å². The van der Waals surface area contributed by atoms with Crippen LogP contribution in [0.5, 0.6) is 0 Å². The maximum Gasteiger partial charge on any atom is 0.261 e. The smallest absolute Gasteiger partial charge is 0.261 e. The number of benzene rings is 4. The molecule has 1 fully saturated rings. The van der Waals surface area contributed by atoms with Crippen LogP contribution in [0, 0.1) is 0 Å². The van der Waals surface area contributed by atoms with Crippen LogP contribution in [0.4, 0.5) is 0 Å². The molecule has 1 aromatic heterocycles. The number of hydrogen-bond acceptors (Lipinski definition) is 4. The molecule has 0 N–H and O–H groups in total. The molecule has 7 rings (SSSR count). The van der Waals surface area contributed by atoms with Crippen molar-refractivity contribution in [2.45, 2.75) is 0 Å². The lowest BCUT2D eigenvalue weighted by atomic mass is 10.00. The Morgan fingerprint density at radius 3 is 1.92 bits per heavy atom. The number of rotatable bonds is 5. The SMILES string of the molecule is O=C1c2ccc(-c3ccc(-n4c5ccccc5c5ccccc54)cc3)cc2C(=O)N1CCN1CCOCC1. The Hall–Kier alpha value is -4.26. The molecule has 0 radical (unpaired) electrons. The van der Waals surface area contributed by atoms with Crippen LogP contribution in [0.2, 0.25) is 0 Å². The number of fused-ring (bicyclic) bond motifs is 4. The molecule has 3 heterocycles. The minimum absolute atomic E-state index is 0.202. The van der Waals surface area contributed by atoms with E-state index in [0.717, 1.165) is 29.9 Å². The van der Waals surface area contributed by atoms with Gasteiger partial charge in [-0.05, 0) is 47.5 Å². The lowest BCUT2D eigenvalue weighted by molar-refractivity contribution is 0.0325. The van der Waals surface area contributed by atoms with Gasteiger partial charge in [-0.3, -0.25) is 19.4 Å². The first-order valence-corrected chi connectivity index (χ1v) is 13.1. The molecule has 188 valence electrons. The molecule has 2 amide bonds. The predicted octanol–water partition coefficient (Wildman–Crippen LogP) is 5.38. The van der Waals surface area contributed by atoms with Crippen molar-refractivity contribution < 1.29 is 14.3 Å². The van der Waals surface area contributed by atoms with Gasteiger partial charge in [-0.25, -0.2) is 0 Å². The molecule has 0 unspecified atom stereocenters. The highest BCUT2D eigenvalue weighted by molar-refractivity contribution is 6.21. The number of amides is 2. The Balaban J connectivity index is 1.17. The van der Waals surface area contributed by atoms with Crippen molar-refractivity contribution >= 4 is 33.6 Å². The van der Waals surface area contributed by atoms with E-state index in [1.807, 2.05) is 12.1 Å². The van der Waals surface area contributed by atoms with E-state index in [-0.39, 0.29) is 11.8 Å². The highest BCUT2D eigenvalue weighted by Crippen LogP contribution is 2.33. The molecule has 2 aliphatic rings. The Labute approximate surface area is 220 Å². The molecule has 6 nitrogen and oxygen atoms in total. The number of carbonyl (C=O) groups excluding carboxylic acids is 2. The fourth-order valence-electron chi connectivity index (χ4n) is 5.74. The first-order chi connectivity index (χ1) is 18.7. The number of para-hydroxylation sites is 2. The van der Waals surface area contributed by atoms with Crippen molar-refractivity contribution in [1.82, 2.24) is 14.4 Å². The summed E-state index contributed by atoms with van der Waals surface area (Å²) in [5.41, 5.74) is 6.31. The second-order valence-corrected chi connectivity index (χ2v) is 9.89. The van der Waals surface area contributed by atoms with Gasteiger partial charge in [0.2, 0.25) is 0 Å². The minimum Gasteiger partial charge on any atom is -0.379 e. The number of ether oxygens (including phenoxy) is 1. The van der Waals surface area contributed by atoms with E-state index in [4.69, 9.17) is 4.74 Å². The zero-order valence-electron chi connectivity index (χ0n) is 21.0. The van der Waals surface area contributed by atoms with Gasteiger partial charge in [-0.2, -0.15) is 0 Å². The summed E-state index contributed by atoms with van der Waals surface area (Å²) in [7, 11) is 0. The Kier molecular flexibility index (Phi) is 5.57. The summed E-state index contributed by atoms with van der Waals surface area (Å²) in [5.74, 6) is -0.409. The number of carbonyl (C=O) groups is 2. The number of imide groups is 1. The third-order valence-corrected chi connectivity index (χ3v) is 7.75. The van der Waals surface area contributed by atoms with Crippen LogP contribution in [0.3, 0.4) is 0 Å².